The van der Waals surface area contributed by atoms with Crippen LogP contribution in [-0.2, 0) is 0 Å². The number of hydrogen-bond donors (Lipinski definition) is 1. The van der Waals surface area contributed by atoms with Crippen LogP contribution in [-0.4, -0.2) is 13.1 Å². The van der Waals surface area contributed by atoms with Gasteiger partial charge in [0.2, 0.25) is 0 Å². The Labute approximate surface area is 125 Å². The molecule has 20 heavy (non-hydrogen) atoms. The molecule has 2 rings (SSSR count). The predicted molar refractivity (Wildman–Crippen MR) is 88.3 cm³/mol. The molecule has 0 bridgehead atoms. The Morgan fingerprint density at radius 3 is 2.60 bits per heavy atom. The normalized spacial score (nSPS) is 25.6. The Morgan fingerprint density at radius 2 is 1.95 bits per heavy atom. The first-order valence-electron chi connectivity index (χ1n) is 8.21. The molecule has 0 saturated heterocycles. The van der Waals surface area contributed by atoms with Gasteiger partial charge in [-0.05, 0) is 80.1 Å². The van der Waals surface area contributed by atoms with E-state index < -0.39 is 0 Å². The summed E-state index contributed by atoms with van der Waals surface area (Å²) < 4.78 is 0. The molecule has 2 atom stereocenters. The van der Waals surface area contributed by atoms with Crippen LogP contribution in [0.15, 0.2) is 18.2 Å². The third-order valence-corrected chi connectivity index (χ3v) is 5.15. The third kappa shape index (κ3) is 3.63. The van der Waals surface area contributed by atoms with Crippen molar-refractivity contribution in [3.05, 3.63) is 34.9 Å². The number of hydrogen-bond acceptors (Lipinski definition) is 1. The molecule has 1 nitrogen and oxygen atoms in total. The molecule has 1 aromatic rings. The number of nitrogens with one attached hydrogen (secondary N) is 1. The fraction of sp³-hybridized carbons (Fsp3) is 0.684. The van der Waals surface area contributed by atoms with Crippen molar-refractivity contribution in [1.82, 2.24) is 5.32 Å². The molecule has 112 valence electrons. The highest BCUT2D eigenvalue weighted by Crippen LogP contribution is 2.46. The van der Waals surface area contributed by atoms with E-state index in [1.54, 1.807) is 5.56 Å². The van der Waals surface area contributed by atoms with Gasteiger partial charge in [-0.1, -0.05) is 39.0 Å². The summed E-state index contributed by atoms with van der Waals surface area (Å²) in [7, 11) is 0. The molecule has 0 amide bonds. The molecule has 0 spiro atoms. The highest BCUT2D eigenvalue weighted by atomic mass is 14.8. The maximum absolute atomic E-state index is 3.57. The Morgan fingerprint density at radius 1 is 1.20 bits per heavy atom. The third-order valence-electron chi connectivity index (χ3n) is 5.15. The number of rotatable bonds is 4. The number of benzene rings is 1. The van der Waals surface area contributed by atoms with Gasteiger partial charge in [0.05, 0.1) is 0 Å². The molecule has 1 aromatic carbocycles. The first kappa shape index (κ1) is 15.6. The largest absolute Gasteiger partial charge is 0.317 e. The summed E-state index contributed by atoms with van der Waals surface area (Å²) in [5.41, 5.74) is 4.90. The minimum absolute atomic E-state index is 0.492. The Hall–Kier alpha value is -0.820. The molecule has 1 fully saturated rings. The predicted octanol–water partition coefficient (Wildman–Crippen LogP) is 4.82. The van der Waals surface area contributed by atoms with E-state index in [2.05, 4.69) is 58.1 Å². The van der Waals surface area contributed by atoms with E-state index in [1.807, 2.05) is 0 Å². The lowest BCUT2D eigenvalue weighted by Crippen LogP contribution is -2.34. The fourth-order valence-corrected chi connectivity index (χ4v) is 3.60. The lowest BCUT2D eigenvalue weighted by Gasteiger charge is -2.41. The summed E-state index contributed by atoms with van der Waals surface area (Å²) in [6.07, 6.45) is 4.05. The first-order valence-corrected chi connectivity index (χ1v) is 8.21. The molecule has 0 aliphatic heterocycles. The summed E-state index contributed by atoms with van der Waals surface area (Å²) in [4.78, 5) is 0. The zero-order valence-corrected chi connectivity index (χ0v) is 13.9. The monoisotopic (exact) mass is 273 g/mol. The summed E-state index contributed by atoms with van der Waals surface area (Å²) >= 11 is 0. The second-order valence-corrected chi connectivity index (χ2v) is 7.42. The van der Waals surface area contributed by atoms with E-state index in [4.69, 9.17) is 0 Å². The van der Waals surface area contributed by atoms with Crippen LogP contribution in [0.3, 0.4) is 0 Å². The van der Waals surface area contributed by atoms with Gasteiger partial charge < -0.3 is 5.32 Å². The summed E-state index contributed by atoms with van der Waals surface area (Å²) in [6.45, 7) is 13.8. The highest BCUT2D eigenvalue weighted by Gasteiger charge is 2.35. The summed E-state index contributed by atoms with van der Waals surface area (Å²) in [5.74, 6) is 1.52. The van der Waals surface area contributed by atoms with Crippen molar-refractivity contribution in [2.75, 3.05) is 13.1 Å². The average Bonchev–Trinajstić information content (AvgIpc) is 2.40. The first-order chi connectivity index (χ1) is 9.43. The minimum atomic E-state index is 0.492. The van der Waals surface area contributed by atoms with Crippen molar-refractivity contribution < 1.29 is 0 Å². The van der Waals surface area contributed by atoms with E-state index in [0.717, 1.165) is 18.4 Å². The van der Waals surface area contributed by atoms with Gasteiger partial charge in [0.25, 0.3) is 0 Å². The van der Waals surface area contributed by atoms with Crippen molar-refractivity contribution in [1.29, 1.82) is 0 Å². The van der Waals surface area contributed by atoms with Gasteiger partial charge in [0.15, 0.2) is 0 Å². The van der Waals surface area contributed by atoms with E-state index in [-0.39, 0.29) is 0 Å². The Kier molecular flexibility index (Phi) is 4.90. The SMILES string of the molecule is CCNCC1CCC(C)(C)CC1c1ccc(C)c(C)c1. The number of aryl methyl sites for hydroxylation is 2. The van der Waals surface area contributed by atoms with Crippen molar-refractivity contribution in [2.45, 2.75) is 59.8 Å². The topological polar surface area (TPSA) is 12.0 Å². The van der Waals surface area contributed by atoms with Crippen LogP contribution < -0.4 is 5.32 Å². The van der Waals surface area contributed by atoms with Crippen molar-refractivity contribution in [3.8, 4) is 0 Å². The van der Waals surface area contributed by atoms with Crippen molar-refractivity contribution in [3.63, 3.8) is 0 Å². The summed E-state index contributed by atoms with van der Waals surface area (Å²) in [6, 6.07) is 7.10. The second-order valence-electron chi connectivity index (χ2n) is 7.42. The lowest BCUT2D eigenvalue weighted by atomic mass is 9.65. The van der Waals surface area contributed by atoms with Crippen molar-refractivity contribution in [2.24, 2.45) is 11.3 Å². The molecule has 2 unspecified atom stereocenters. The van der Waals surface area contributed by atoms with Gasteiger partial charge in [0.1, 0.15) is 0 Å². The zero-order valence-electron chi connectivity index (χ0n) is 13.9. The molecule has 0 aromatic heterocycles. The maximum Gasteiger partial charge on any atom is -0.00148 e. The average molecular weight is 273 g/mol. The molecule has 1 aliphatic rings. The van der Waals surface area contributed by atoms with Crippen LogP contribution in [0.4, 0.5) is 0 Å². The van der Waals surface area contributed by atoms with E-state index in [9.17, 15) is 0 Å². The van der Waals surface area contributed by atoms with Crippen molar-refractivity contribution >= 4 is 0 Å². The van der Waals surface area contributed by atoms with Gasteiger partial charge >= 0.3 is 0 Å². The molecule has 1 heteroatoms. The van der Waals surface area contributed by atoms with E-state index >= 15 is 0 Å². The summed E-state index contributed by atoms with van der Waals surface area (Å²) in [5, 5.41) is 3.57. The standard InChI is InChI=1S/C19H31N/c1-6-20-13-17-9-10-19(4,5)12-18(17)16-8-7-14(2)15(3)11-16/h7-8,11,17-18,20H,6,9-10,12-13H2,1-5H3. The molecular weight excluding hydrogens is 242 g/mol. The second kappa shape index (κ2) is 6.30. The molecule has 1 saturated carbocycles. The van der Waals surface area contributed by atoms with Crippen LogP contribution >= 0.6 is 0 Å². The Bertz CT molecular complexity index is 447. The smallest absolute Gasteiger partial charge is 0.00148 e. The van der Waals surface area contributed by atoms with E-state index in [1.165, 1.54) is 36.9 Å². The van der Waals surface area contributed by atoms with Crippen LogP contribution in [0, 0.1) is 25.2 Å². The molecule has 0 radical (unpaired) electrons. The molecule has 0 heterocycles. The van der Waals surface area contributed by atoms with Crippen LogP contribution in [0.5, 0.6) is 0 Å². The van der Waals surface area contributed by atoms with Gasteiger partial charge in [-0.3, -0.25) is 0 Å². The lowest BCUT2D eigenvalue weighted by molar-refractivity contribution is 0.160. The fourth-order valence-electron chi connectivity index (χ4n) is 3.60. The van der Waals surface area contributed by atoms with Gasteiger partial charge in [-0.15, -0.1) is 0 Å². The zero-order chi connectivity index (χ0) is 14.8. The van der Waals surface area contributed by atoms with Gasteiger partial charge in [-0.2, -0.15) is 0 Å². The Balaban J connectivity index is 2.23. The van der Waals surface area contributed by atoms with Gasteiger partial charge in [0, 0.05) is 0 Å². The molecule has 1 aliphatic carbocycles. The van der Waals surface area contributed by atoms with Crippen LogP contribution in [0.25, 0.3) is 0 Å². The van der Waals surface area contributed by atoms with Gasteiger partial charge in [-0.25, -0.2) is 0 Å². The highest BCUT2D eigenvalue weighted by molar-refractivity contribution is 5.32. The molecular formula is C19H31N. The minimum Gasteiger partial charge on any atom is -0.317 e. The van der Waals surface area contributed by atoms with Crippen LogP contribution in [0.1, 0.15) is 62.6 Å². The molecule has 1 N–H and O–H groups in total. The maximum atomic E-state index is 3.57. The van der Waals surface area contributed by atoms with Crippen LogP contribution in [0.2, 0.25) is 0 Å². The quantitative estimate of drug-likeness (QED) is 0.829. The van der Waals surface area contributed by atoms with E-state index in [0.29, 0.717) is 5.41 Å².